The number of benzene rings is 2. The smallest absolute Gasteiger partial charge is 0.251 e. The SMILES string of the molecule is CCCCN1C(=O)[C@@H]([C@H](O)C2CC=CC2)NC(=O)C12CCN(Cc1ccc(OCc3ccc(C(=O)NC)cc3)cc1)CC2.Cl. The lowest BCUT2D eigenvalue weighted by Crippen LogP contribution is -2.75. The number of ether oxygens (including phenoxy) is 1. The van der Waals surface area contributed by atoms with E-state index in [2.05, 4.69) is 34.6 Å². The van der Waals surface area contributed by atoms with E-state index in [0.717, 1.165) is 49.1 Å². The van der Waals surface area contributed by atoms with Gasteiger partial charge in [0.1, 0.15) is 23.9 Å². The summed E-state index contributed by atoms with van der Waals surface area (Å²) >= 11 is 0. The number of nitrogens with zero attached hydrogens (tertiary/aromatic N) is 2. The van der Waals surface area contributed by atoms with E-state index in [-0.39, 0.29) is 36.0 Å². The minimum atomic E-state index is -0.880. The Labute approximate surface area is 266 Å². The Morgan fingerprint density at radius 2 is 1.68 bits per heavy atom. The number of rotatable bonds is 11. The van der Waals surface area contributed by atoms with Gasteiger partial charge in [-0.1, -0.05) is 49.8 Å². The number of allylic oxidation sites excluding steroid dienone is 2. The zero-order valence-corrected chi connectivity index (χ0v) is 26.5. The molecule has 2 heterocycles. The van der Waals surface area contributed by atoms with Crippen molar-refractivity contribution in [3.63, 3.8) is 0 Å². The predicted molar refractivity (Wildman–Crippen MR) is 172 cm³/mol. The lowest BCUT2D eigenvalue weighted by Gasteiger charge is -2.52. The standard InChI is InChI=1S/C34H44N4O5.ClH/c1-3-4-19-38-32(41)29(30(39)26-7-5-6-8-26)36-33(42)34(38)17-20-37(21-18-34)22-24-11-15-28(16-12-24)43-23-25-9-13-27(14-10-25)31(40)35-2;/h5-6,9-16,26,29-30,39H,3-4,7-8,17-23H2,1-2H3,(H,35,40)(H,36,42);1H/t29-,30-;/m1./s1. The van der Waals surface area contributed by atoms with Crippen LogP contribution in [-0.4, -0.2) is 77.0 Å². The molecule has 0 unspecified atom stereocenters. The van der Waals surface area contributed by atoms with E-state index < -0.39 is 17.7 Å². The first-order valence-electron chi connectivity index (χ1n) is 15.5. The van der Waals surface area contributed by atoms with E-state index >= 15 is 0 Å². The van der Waals surface area contributed by atoms with E-state index in [1.54, 1.807) is 24.1 Å². The van der Waals surface area contributed by atoms with Crippen LogP contribution in [0.15, 0.2) is 60.7 Å². The third-order valence-corrected chi connectivity index (χ3v) is 9.22. The Morgan fingerprint density at radius 3 is 2.30 bits per heavy atom. The molecule has 2 saturated heterocycles. The first kappa shape index (κ1) is 33.5. The van der Waals surface area contributed by atoms with Crippen molar-refractivity contribution in [3.8, 4) is 5.75 Å². The summed E-state index contributed by atoms with van der Waals surface area (Å²) in [5.41, 5.74) is 1.89. The van der Waals surface area contributed by atoms with Crippen molar-refractivity contribution in [2.45, 2.75) is 76.3 Å². The van der Waals surface area contributed by atoms with Crippen molar-refractivity contribution in [2.24, 2.45) is 5.92 Å². The Kier molecular flexibility index (Phi) is 11.5. The number of likely N-dealkylation sites (tertiary alicyclic amines) is 1. The van der Waals surface area contributed by atoms with E-state index in [1.165, 1.54) is 0 Å². The molecule has 2 aliphatic heterocycles. The highest BCUT2D eigenvalue weighted by Crippen LogP contribution is 2.36. The Balaban J connectivity index is 0.00000442. The molecule has 0 saturated carbocycles. The quantitative estimate of drug-likeness (QED) is 0.328. The lowest BCUT2D eigenvalue weighted by atomic mass is 9.79. The fourth-order valence-electron chi connectivity index (χ4n) is 6.49. The molecule has 10 heteroatoms. The molecule has 3 amide bonds. The number of halogens is 1. The molecule has 3 N–H and O–H groups in total. The number of carbonyl (C=O) groups excluding carboxylic acids is 3. The number of nitrogens with one attached hydrogen (secondary N) is 2. The van der Waals surface area contributed by atoms with Gasteiger partial charge in [0, 0.05) is 38.8 Å². The van der Waals surface area contributed by atoms with Gasteiger partial charge >= 0.3 is 0 Å². The summed E-state index contributed by atoms with van der Waals surface area (Å²) in [7, 11) is 1.61. The second-order valence-electron chi connectivity index (χ2n) is 12.0. The van der Waals surface area contributed by atoms with Crippen molar-refractivity contribution in [1.29, 1.82) is 0 Å². The van der Waals surface area contributed by atoms with Crippen LogP contribution in [0.1, 0.15) is 66.9 Å². The summed E-state index contributed by atoms with van der Waals surface area (Å²) in [5, 5.41) is 16.6. The van der Waals surface area contributed by atoms with Gasteiger partial charge in [0.05, 0.1) is 6.10 Å². The van der Waals surface area contributed by atoms with Gasteiger partial charge in [0.2, 0.25) is 11.8 Å². The van der Waals surface area contributed by atoms with Crippen molar-refractivity contribution in [2.75, 3.05) is 26.7 Å². The van der Waals surface area contributed by atoms with Crippen LogP contribution < -0.4 is 15.4 Å². The summed E-state index contributed by atoms with van der Waals surface area (Å²) < 4.78 is 5.95. The molecule has 2 fully saturated rings. The number of aliphatic hydroxyl groups is 1. The maximum absolute atomic E-state index is 13.7. The molecule has 2 aromatic carbocycles. The van der Waals surface area contributed by atoms with Crippen molar-refractivity contribution < 1.29 is 24.2 Å². The predicted octanol–water partition coefficient (Wildman–Crippen LogP) is 3.84. The number of unbranched alkanes of at least 4 members (excludes halogenated alkanes) is 1. The van der Waals surface area contributed by atoms with E-state index in [4.69, 9.17) is 4.74 Å². The van der Waals surface area contributed by atoms with Crippen molar-refractivity contribution in [1.82, 2.24) is 20.4 Å². The molecule has 3 aliphatic rings. The second-order valence-corrected chi connectivity index (χ2v) is 12.0. The number of hydrogen-bond acceptors (Lipinski definition) is 6. The molecule has 0 aromatic heterocycles. The Bertz CT molecular complexity index is 1300. The van der Waals surface area contributed by atoms with Gasteiger partial charge in [-0.2, -0.15) is 0 Å². The van der Waals surface area contributed by atoms with E-state index in [0.29, 0.717) is 44.6 Å². The third-order valence-electron chi connectivity index (χ3n) is 9.22. The highest BCUT2D eigenvalue weighted by molar-refractivity contribution is 6.00. The normalized spacial score (nSPS) is 20.7. The molecule has 2 atom stereocenters. The zero-order chi connectivity index (χ0) is 30.4. The molecule has 2 aromatic rings. The van der Waals surface area contributed by atoms with Crippen LogP contribution >= 0.6 is 12.4 Å². The maximum Gasteiger partial charge on any atom is 0.251 e. The highest BCUT2D eigenvalue weighted by Gasteiger charge is 2.55. The van der Waals surface area contributed by atoms with Gasteiger partial charge in [-0.15, -0.1) is 12.4 Å². The molecule has 1 spiro atoms. The molecular weight excluding hydrogens is 580 g/mol. The summed E-state index contributed by atoms with van der Waals surface area (Å²) in [6.07, 6.45) is 7.55. The number of amides is 3. The van der Waals surface area contributed by atoms with Gasteiger partial charge in [-0.3, -0.25) is 19.3 Å². The third kappa shape index (κ3) is 7.28. The molecule has 9 nitrogen and oxygen atoms in total. The number of hydrogen-bond donors (Lipinski definition) is 3. The highest BCUT2D eigenvalue weighted by atomic mass is 35.5. The van der Waals surface area contributed by atoms with Crippen LogP contribution in [-0.2, 0) is 22.7 Å². The topological polar surface area (TPSA) is 111 Å². The second kappa shape index (κ2) is 15.1. The largest absolute Gasteiger partial charge is 0.489 e. The molecule has 5 rings (SSSR count). The van der Waals surface area contributed by atoms with Crippen LogP contribution in [0.5, 0.6) is 5.75 Å². The fourth-order valence-corrected chi connectivity index (χ4v) is 6.49. The van der Waals surface area contributed by atoms with Crippen LogP contribution in [0.4, 0.5) is 0 Å². The molecule has 0 radical (unpaired) electrons. The number of aliphatic hydroxyl groups excluding tert-OH is 1. The molecule has 0 bridgehead atoms. The summed E-state index contributed by atoms with van der Waals surface area (Å²) in [6.45, 7) is 5.18. The number of piperazine rings is 1. The minimum Gasteiger partial charge on any atom is -0.489 e. The number of carbonyl (C=O) groups is 3. The number of piperidine rings is 1. The first-order valence-corrected chi connectivity index (χ1v) is 15.5. The van der Waals surface area contributed by atoms with Gasteiger partial charge in [-0.25, -0.2) is 0 Å². The molecule has 1 aliphatic carbocycles. The average Bonchev–Trinajstić information content (AvgIpc) is 3.58. The Morgan fingerprint density at radius 1 is 1.05 bits per heavy atom. The van der Waals surface area contributed by atoms with E-state index in [1.807, 2.05) is 36.4 Å². The zero-order valence-electron chi connectivity index (χ0n) is 25.7. The van der Waals surface area contributed by atoms with Crippen molar-refractivity contribution in [3.05, 3.63) is 77.4 Å². The average molecular weight is 625 g/mol. The van der Waals surface area contributed by atoms with Gasteiger partial charge in [-0.05, 0) is 73.4 Å². The fraction of sp³-hybridized carbons (Fsp3) is 0.500. The van der Waals surface area contributed by atoms with E-state index in [9.17, 15) is 19.5 Å². The minimum absolute atomic E-state index is 0. The van der Waals surface area contributed by atoms with Crippen LogP contribution in [0.25, 0.3) is 0 Å². The molecular formula is C34H45ClN4O5. The summed E-state index contributed by atoms with van der Waals surface area (Å²) in [4.78, 5) is 43.3. The van der Waals surface area contributed by atoms with Crippen LogP contribution in [0, 0.1) is 5.92 Å². The van der Waals surface area contributed by atoms with Crippen LogP contribution in [0.3, 0.4) is 0 Å². The molecule has 238 valence electrons. The van der Waals surface area contributed by atoms with Gasteiger partial charge in [0.15, 0.2) is 0 Å². The van der Waals surface area contributed by atoms with Crippen LogP contribution in [0.2, 0.25) is 0 Å². The molecule has 44 heavy (non-hydrogen) atoms. The monoisotopic (exact) mass is 624 g/mol. The van der Waals surface area contributed by atoms with Gasteiger partial charge in [0.25, 0.3) is 5.91 Å². The van der Waals surface area contributed by atoms with Crippen molar-refractivity contribution >= 4 is 30.1 Å². The van der Waals surface area contributed by atoms with Gasteiger partial charge < -0.3 is 25.4 Å². The summed E-state index contributed by atoms with van der Waals surface area (Å²) in [5.74, 6) is 0.362. The lowest BCUT2D eigenvalue weighted by molar-refractivity contribution is -0.165. The Hall–Kier alpha value is -3.40. The maximum atomic E-state index is 13.7. The summed E-state index contributed by atoms with van der Waals surface area (Å²) in [6, 6.07) is 14.5. The first-order chi connectivity index (χ1) is 20.8.